The third-order valence-electron chi connectivity index (χ3n) is 7.24. The molecule has 2 saturated heterocycles. The Morgan fingerprint density at radius 2 is 1.78 bits per heavy atom. The predicted molar refractivity (Wildman–Crippen MR) is 138 cm³/mol. The second kappa shape index (κ2) is 12.7. The van der Waals surface area contributed by atoms with Gasteiger partial charge in [0.2, 0.25) is 17.7 Å². The summed E-state index contributed by atoms with van der Waals surface area (Å²) < 4.78 is 19.6. The molecule has 0 N–H and O–H groups in total. The van der Waals surface area contributed by atoms with Gasteiger partial charge in [-0.1, -0.05) is 36.8 Å². The highest BCUT2D eigenvalue weighted by Gasteiger charge is 2.35. The Kier molecular flexibility index (Phi) is 9.14. The molecule has 37 heavy (non-hydrogen) atoms. The van der Waals surface area contributed by atoms with Crippen LogP contribution in [0, 0.1) is 11.7 Å². The van der Waals surface area contributed by atoms with Crippen LogP contribution in [-0.4, -0.2) is 71.8 Å². The number of nitrogens with zero attached hydrogens (tertiary/aromatic N) is 3. The summed E-state index contributed by atoms with van der Waals surface area (Å²) in [5.74, 6) is -0.117. The first-order chi connectivity index (χ1) is 17.9. The lowest BCUT2D eigenvalue weighted by molar-refractivity contribution is -0.143. The average Bonchev–Trinajstić information content (AvgIpc) is 3.10. The first-order valence-corrected chi connectivity index (χ1v) is 13.1. The molecule has 2 atom stereocenters. The van der Waals surface area contributed by atoms with Crippen LogP contribution in [0.2, 0.25) is 0 Å². The number of likely N-dealkylation sites (tertiary alicyclic amines) is 2. The van der Waals surface area contributed by atoms with Crippen LogP contribution in [0.3, 0.4) is 0 Å². The first kappa shape index (κ1) is 26.6. The minimum Gasteiger partial charge on any atom is -0.490 e. The van der Waals surface area contributed by atoms with Crippen molar-refractivity contribution in [3.8, 4) is 5.75 Å². The van der Waals surface area contributed by atoms with Gasteiger partial charge in [-0.3, -0.25) is 14.4 Å². The van der Waals surface area contributed by atoms with E-state index in [0.717, 1.165) is 24.8 Å². The van der Waals surface area contributed by atoms with Gasteiger partial charge in [-0.25, -0.2) is 4.39 Å². The Morgan fingerprint density at radius 3 is 2.54 bits per heavy atom. The molecule has 0 spiro atoms. The molecule has 0 aromatic heterocycles. The Morgan fingerprint density at radius 1 is 1.03 bits per heavy atom. The number of carbonyl (C=O) groups is 3. The fraction of sp³-hybridized carbons (Fsp3) is 0.483. The van der Waals surface area contributed by atoms with Crippen LogP contribution in [0.4, 0.5) is 4.39 Å². The molecule has 0 bridgehead atoms. The van der Waals surface area contributed by atoms with E-state index < -0.39 is 0 Å². The number of halogens is 1. The van der Waals surface area contributed by atoms with Gasteiger partial charge < -0.3 is 19.4 Å². The molecule has 8 heteroatoms. The monoisotopic (exact) mass is 509 g/mol. The lowest BCUT2D eigenvalue weighted by atomic mass is 9.90. The summed E-state index contributed by atoms with van der Waals surface area (Å²) in [4.78, 5) is 43.9. The average molecular weight is 510 g/mol. The van der Waals surface area contributed by atoms with Gasteiger partial charge in [0.15, 0.2) is 0 Å². The number of ether oxygens (including phenoxy) is 1. The minimum absolute atomic E-state index is 0.0291. The molecule has 0 saturated carbocycles. The molecule has 0 unspecified atom stereocenters. The van der Waals surface area contributed by atoms with Crippen LogP contribution in [-0.2, 0) is 20.9 Å². The van der Waals surface area contributed by atoms with Gasteiger partial charge in [-0.05, 0) is 42.7 Å². The quantitative estimate of drug-likeness (QED) is 0.542. The number of hydrogen-bond donors (Lipinski definition) is 0. The van der Waals surface area contributed by atoms with Crippen LogP contribution in [0.1, 0.15) is 44.1 Å². The van der Waals surface area contributed by atoms with Crippen molar-refractivity contribution >= 4 is 17.7 Å². The summed E-state index contributed by atoms with van der Waals surface area (Å²) in [6.07, 6.45) is 3.77. The van der Waals surface area contributed by atoms with Crippen LogP contribution >= 0.6 is 0 Å². The van der Waals surface area contributed by atoms with Crippen molar-refractivity contribution < 1.29 is 23.5 Å². The predicted octanol–water partition coefficient (Wildman–Crippen LogP) is 3.87. The summed E-state index contributed by atoms with van der Waals surface area (Å²) in [6, 6.07) is 15.6. The van der Waals surface area contributed by atoms with Crippen molar-refractivity contribution in [1.82, 2.24) is 14.7 Å². The van der Waals surface area contributed by atoms with Gasteiger partial charge >= 0.3 is 0 Å². The molecular weight excluding hydrogens is 473 g/mol. The van der Waals surface area contributed by atoms with E-state index in [4.69, 9.17) is 4.74 Å². The van der Waals surface area contributed by atoms with Gasteiger partial charge in [-0.2, -0.15) is 0 Å². The Balaban J connectivity index is 1.43. The molecule has 0 aliphatic carbocycles. The molecular formula is C29H36FN3O4. The summed E-state index contributed by atoms with van der Waals surface area (Å²) in [6.45, 7) is 2.04. The lowest BCUT2D eigenvalue weighted by Crippen LogP contribution is -2.52. The van der Waals surface area contributed by atoms with Crippen LogP contribution in [0.5, 0.6) is 5.75 Å². The summed E-state index contributed by atoms with van der Waals surface area (Å²) >= 11 is 0. The maximum atomic E-state index is 13.4. The van der Waals surface area contributed by atoms with Gasteiger partial charge in [0.05, 0.1) is 6.54 Å². The zero-order valence-corrected chi connectivity index (χ0v) is 21.5. The third-order valence-corrected chi connectivity index (χ3v) is 7.24. The van der Waals surface area contributed by atoms with E-state index in [9.17, 15) is 18.8 Å². The van der Waals surface area contributed by atoms with Gasteiger partial charge in [0, 0.05) is 58.4 Å². The highest BCUT2D eigenvalue weighted by atomic mass is 19.1. The van der Waals surface area contributed by atoms with E-state index in [2.05, 4.69) is 0 Å². The summed E-state index contributed by atoms with van der Waals surface area (Å²) in [7, 11) is 1.78. The van der Waals surface area contributed by atoms with Gasteiger partial charge in [0.25, 0.3) is 0 Å². The minimum atomic E-state index is -0.343. The number of benzene rings is 2. The topological polar surface area (TPSA) is 70.2 Å². The number of piperidine rings is 1. The maximum absolute atomic E-state index is 13.4. The Hall–Kier alpha value is -3.42. The molecule has 198 valence electrons. The Labute approximate surface area is 218 Å². The molecule has 2 aliphatic rings. The van der Waals surface area contributed by atoms with E-state index in [-0.39, 0.29) is 48.5 Å². The molecule has 4 rings (SSSR count). The fourth-order valence-electron chi connectivity index (χ4n) is 5.07. The van der Waals surface area contributed by atoms with E-state index in [1.807, 2.05) is 30.3 Å². The first-order valence-electron chi connectivity index (χ1n) is 13.1. The normalized spacial score (nSPS) is 20.3. The van der Waals surface area contributed by atoms with E-state index >= 15 is 0 Å². The fourth-order valence-corrected chi connectivity index (χ4v) is 5.07. The third kappa shape index (κ3) is 7.54. The number of rotatable bonds is 8. The van der Waals surface area contributed by atoms with Crippen molar-refractivity contribution in [2.45, 2.75) is 51.2 Å². The zero-order valence-electron chi connectivity index (χ0n) is 21.5. The van der Waals surface area contributed by atoms with Gasteiger partial charge in [-0.15, -0.1) is 0 Å². The van der Waals surface area contributed by atoms with Crippen LogP contribution in [0.25, 0.3) is 0 Å². The number of amides is 3. The second-order valence-electron chi connectivity index (χ2n) is 10.1. The SMILES string of the molecule is CN(Cc1ccccc1)C(=O)C[C@H]1CN(C(=O)CN2CCCCCC2=O)CC[C@@H]1Oc1ccc(F)cc1. The van der Waals surface area contributed by atoms with Crippen LogP contribution in [0.15, 0.2) is 54.6 Å². The number of hydrogen-bond acceptors (Lipinski definition) is 4. The van der Waals surface area contributed by atoms with Gasteiger partial charge in [0.1, 0.15) is 17.7 Å². The molecule has 2 aromatic rings. The van der Waals surface area contributed by atoms with E-state index in [0.29, 0.717) is 44.8 Å². The number of carbonyl (C=O) groups excluding carboxylic acids is 3. The van der Waals surface area contributed by atoms with Crippen LogP contribution < -0.4 is 4.74 Å². The second-order valence-corrected chi connectivity index (χ2v) is 10.1. The van der Waals surface area contributed by atoms with E-state index in [1.165, 1.54) is 12.1 Å². The maximum Gasteiger partial charge on any atom is 0.242 e. The molecule has 0 radical (unpaired) electrons. The Bertz CT molecular complexity index is 1060. The van der Waals surface area contributed by atoms with Crippen molar-refractivity contribution in [2.75, 3.05) is 33.2 Å². The highest BCUT2D eigenvalue weighted by Crippen LogP contribution is 2.27. The lowest BCUT2D eigenvalue weighted by Gasteiger charge is -2.39. The van der Waals surface area contributed by atoms with Crippen molar-refractivity contribution in [2.24, 2.45) is 5.92 Å². The molecule has 2 fully saturated rings. The standard InChI is InChI=1S/C29H36FN3O4/c1-31(19-22-8-4-2-5-9-22)28(35)18-23-20-33(29(36)21-32-16-7-3-6-10-27(32)34)17-15-26(23)37-25-13-11-24(30)12-14-25/h2,4-5,8-9,11-14,23,26H,3,6-7,10,15-21H2,1H3/t23-,26-/m0/s1. The molecule has 2 aromatic carbocycles. The molecule has 2 heterocycles. The highest BCUT2D eigenvalue weighted by molar-refractivity contribution is 5.85. The van der Waals surface area contributed by atoms with Crippen molar-refractivity contribution in [3.63, 3.8) is 0 Å². The molecule has 7 nitrogen and oxygen atoms in total. The zero-order chi connectivity index (χ0) is 26.2. The summed E-state index contributed by atoms with van der Waals surface area (Å²) in [5, 5.41) is 0. The molecule has 2 aliphatic heterocycles. The molecule has 3 amide bonds. The van der Waals surface area contributed by atoms with E-state index in [1.54, 1.807) is 33.9 Å². The summed E-state index contributed by atoms with van der Waals surface area (Å²) in [5.41, 5.74) is 1.04. The van der Waals surface area contributed by atoms with Crippen molar-refractivity contribution in [1.29, 1.82) is 0 Å². The largest absolute Gasteiger partial charge is 0.490 e. The smallest absolute Gasteiger partial charge is 0.242 e. The van der Waals surface area contributed by atoms with Crippen molar-refractivity contribution in [3.05, 3.63) is 66.0 Å².